The largest absolute Gasteiger partial charge is 0.450 e. The van der Waals surface area contributed by atoms with Crippen LogP contribution in [0.3, 0.4) is 0 Å². The summed E-state index contributed by atoms with van der Waals surface area (Å²) in [5, 5.41) is 19.4. The minimum absolute atomic E-state index is 0.0592. The van der Waals surface area contributed by atoms with Crippen LogP contribution in [0.5, 0.6) is 11.5 Å². The van der Waals surface area contributed by atoms with Crippen molar-refractivity contribution in [3.8, 4) is 17.6 Å². The molecule has 0 saturated carbocycles. The number of hydrogen-bond donors (Lipinski definition) is 0. The average molecular weight is 258 g/mol. The van der Waals surface area contributed by atoms with Crippen molar-refractivity contribution in [3.63, 3.8) is 0 Å². The molecule has 0 aliphatic rings. The first-order chi connectivity index (χ1) is 9.10. The topological polar surface area (TPSA) is 76.2 Å². The normalized spacial score (nSPS) is 9.68. The molecule has 0 N–H and O–H groups in total. The molecule has 0 bridgehead atoms. The zero-order valence-corrected chi connectivity index (χ0v) is 9.54. The quantitative estimate of drug-likeness (QED) is 0.624. The first-order valence-corrected chi connectivity index (χ1v) is 5.22. The third kappa shape index (κ3) is 2.84. The van der Waals surface area contributed by atoms with Gasteiger partial charge in [0.2, 0.25) is 5.75 Å². The molecule has 0 unspecified atom stereocenters. The molecule has 0 radical (unpaired) electrons. The molecule has 6 heteroatoms. The minimum Gasteiger partial charge on any atom is -0.450 e. The van der Waals surface area contributed by atoms with Crippen LogP contribution in [0, 0.1) is 27.3 Å². The van der Waals surface area contributed by atoms with Crippen LogP contribution >= 0.6 is 0 Å². The summed E-state index contributed by atoms with van der Waals surface area (Å²) < 4.78 is 18.3. The van der Waals surface area contributed by atoms with Gasteiger partial charge >= 0.3 is 5.69 Å². The van der Waals surface area contributed by atoms with Gasteiger partial charge in [0, 0.05) is 0 Å². The second-order valence-corrected chi connectivity index (χ2v) is 3.61. The summed E-state index contributed by atoms with van der Waals surface area (Å²) in [4.78, 5) is 10.1. The maximum Gasteiger partial charge on any atom is 0.314 e. The number of nitrogens with zero attached hydrogens (tertiary/aromatic N) is 2. The number of benzene rings is 2. The van der Waals surface area contributed by atoms with E-state index < -0.39 is 16.4 Å². The van der Waals surface area contributed by atoms with E-state index in [0.29, 0.717) is 11.3 Å². The van der Waals surface area contributed by atoms with Gasteiger partial charge in [-0.05, 0) is 36.4 Å². The summed E-state index contributed by atoms with van der Waals surface area (Å²) in [5.74, 6) is -0.441. The van der Waals surface area contributed by atoms with Gasteiger partial charge in [-0.2, -0.15) is 5.26 Å². The Morgan fingerprint density at radius 2 is 1.89 bits per heavy atom. The predicted molar refractivity (Wildman–Crippen MR) is 64.3 cm³/mol. The summed E-state index contributed by atoms with van der Waals surface area (Å²) in [7, 11) is 0. The van der Waals surface area contributed by atoms with Crippen molar-refractivity contribution in [2.24, 2.45) is 0 Å². The van der Waals surface area contributed by atoms with Crippen molar-refractivity contribution in [3.05, 3.63) is 64.0 Å². The monoisotopic (exact) mass is 258 g/mol. The van der Waals surface area contributed by atoms with Gasteiger partial charge in [-0.3, -0.25) is 10.1 Å². The number of hydrogen-bond acceptors (Lipinski definition) is 4. The summed E-state index contributed by atoms with van der Waals surface area (Å²) in [6.07, 6.45) is 0. The fourth-order valence-electron chi connectivity index (χ4n) is 1.44. The number of rotatable bonds is 3. The highest BCUT2D eigenvalue weighted by atomic mass is 19.1. The molecule has 2 aromatic rings. The average Bonchev–Trinajstić information content (AvgIpc) is 2.41. The van der Waals surface area contributed by atoms with Crippen molar-refractivity contribution in [2.45, 2.75) is 0 Å². The second-order valence-electron chi connectivity index (χ2n) is 3.61. The van der Waals surface area contributed by atoms with E-state index in [1.54, 1.807) is 0 Å². The summed E-state index contributed by atoms with van der Waals surface area (Å²) in [6.45, 7) is 0. The Bertz CT molecular complexity index is 663. The van der Waals surface area contributed by atoms with Gasteiger partial charge in [0.1, 0.15) is 11.6 Å². The number of nitro groups is 1. The Morgan fingerprint density at radius 1 is 1.21 bits per heavy atom. The highest BCUT2D eigenvalue weighted by molar-refractivity contribution is 5.49. The number of ether oxygens (including phenoxy) is 1. The molecule has 0 fully saturated rings. The van der Waals surface area contributed by atoms with Gasteiger partial charge in [0.15, 0.2) is 0 Å². The Hall–Kier alpha value is -2.94. The van der Waals surface area contributed by atoms with Gasteiger partial charge in [-0.15, -0.1) is 0 Å². The highest BCUT2D eigenvalue weighted by Crippen LogP contribution is 2.31. The van der Waals surface area contributed by atoms with Gasteiger partial charge in [0.25, 0.3) is 0 Å². The van der Waals surface area contributed by atoms with Crippen LogP contribution in [0.4, 0.5) is 10.1 Å². The number of nitro benzene ring substituents is 1. The molecule has 0 aliphatic heterocycles. The fraction of sp³-hybridized carbons (Fsp3) is 0. The summed E-state index contributed by atoms with van der Waals surface area (Å²) in [6, 6.07) is 11.0. The third-order valence-corrected chi connectivity index (χ3v) is 2.33. The lowest BCUT2D eigenvalue weighted by Gasteiger charge is -2.06. The summed E-state index contributed by atoms with van der Waals surface area (Å²) >= 11 is 0. The number of nitriles is 1. The lowest BCUT2D eigenvalue weighted by molar-refractivity contribution is -0.385. The molecule has 0 aromatic heterocycles. The minimum atomic E-state index is -0.720. The first kappa shape index (κ1) is 12.5. The first-order valence-electron chi connectivity index (χ1n) is 5.22. The van der Waals surface area contributed by atoms with Crippen molar-refractivity contribution in [2.75, 3.05) is 0 Å². The number of halogens is 1. The maximum absolute atomic E-state index is 12.9. The maximum atomic E-state index is 12.9. The van der Waals surface area contributed by atoms with E-state index in [-0.39, 0.29) is 5.75 Å². The molecular weight excluding hydrogens is 251 g/mol. The Morgan fingerprint density at radius 3 is 2.47 bits per heavy atom. The van der Waals surface area contributed by atoms with Crippen molar-refractivity contribution in [1.29, 1.82) is 5.26 Å². The Labute approximate surface area is 107 Å². The van der Waals surface area contributed by atoms with Crippen LogP contribution in [-0.2, 0) is 0 Å². The van der Waals surface area contributed by atoms with Gasteiger partial charge in [0.05, 0.1) is 22.6 Å². The molecule has 0 amide bonds. The van der Waals surface area contributed by atoms with Crippen molar-refractivity contribution in [1.82, 2.24) is 0 Å². The summed E-state index contributed by atoms with van der Waals surface area (Å²) in [5.41, 5.74) is -0.00897. The van der Waals surface area contributed by atoms with E-state index >= 15 is 0 Å². The van der Waals surface area contributed by atoms with E-state index in [4.69, 9.17) is 10.00 Å². The molecule has 19 heavy (non-hydrogen) atoms. The fourth-order valence-corrected chi connectivity index (χ4v) is 1.44. The smallest absolute Gasteiger partial charge is 0.314 e. The SMILES string of the molecule is N#Cc1ccc(Oc2ccc(F)cc2[N+](=O)[O-])cc1. The van der Waals surface area contributed by atoms with Gasteiger partial charge < -0.3 is 4.74 Å². The van der Waals surface area contributed by atoms with Crippen LogP contribution in [0.25, 0.3) is 0 Å². The highest BCUT2D eigenvalue weighted by Gasteiger charge is 2.16. The molecule has 2 aromatic carbocycles. The zero-order valence-electron chi connectivity index (χ0n) is 9.54. The lowest BCUT2D eigenvalue weighted by Crippen LogP contribution is -1.94. The molecule has 94 valence electrons. The molecular formula is C13H7FN2O3. The van der Waals surface area contributed by atoms with Gasteiger partial charge in [-0.25, -0.2) is 4.39 Å². The zero-order chi connectivity index (χ0) is 13.8. The molecule has 0 atom stereocenters. The molecule has 2 rings (SSSR count). The standard InChI is InChI=1S/C13H7FN2O3/c14-10-3-6-13(12(7-10)16(17)18)19-11-4-1-9(8-15)2-5-11/h1-7H. The molecule has 0 heterocycles. The second kappa shape index (κ2) is 5.14. The van der Waals surface area contributed by atoms with Gasteiger partial charge in [-0.1, -0.05) is 0 Å². The van der Waals surface area contributed by atoms with E-state index in [0.717, 1.165) is 12.1 Å². The van der Waals surface area contributed by atoms with Crippen LogP contribution < -0.4 is 4.74 Å². The Balaban J connectivity index is 2.32. The van der Waals surface area contributed by atoms with E-state index in [2.05, 4.69) is 0 Å². The van der Waals surface area contributed by atoms with Crippen molar-refractivity contribution >= 4 is 5.69 Å². The van der Waals surface area contributed by atoms with Crippen LogP contribution in [0.1, 0.15) is 5.56 Å². The van der Waals surface area contributed by atoms with Crippen LogP contribution in [-0.4, -0.2) is 4.92 Å². The van der Waals surface area contributed by atoms with Crippen LogP contribution in [0.15, 0.2) is 42.5 Å². The van der Waals surface area contributed by atoms with E-state index in [1.807, 2.05) is 6.07 Å². The lowest BCUT2D eigenvalue weighted by atomic mass is 10.2. The molecule has 0 spiro atoms. The molecule has 5 nitrogen and oxygen atoms in total. The third-order valence-electron chi connectivity index (χ3n) is 2.33. The van der Waals surface area contributed by atoms with Crippen molar-refractivity contribution < 1.29 is 14.1 Å². The predicted octanol–water partition coefficient (Wildman–Crippen LogP) is 3.40. The van der Waals surface area contributed by atoms with E-state index in [9.17, 15) is 14.5 Å². The van der Waals surface area contributed by atoms with E-state index in [1.165, 1.54) is 30.3 Å². The van der Waals surface area contributed by atoms with Crippen LogP contribution in [0.2, 0.25) is 0 Å². The Kier molecular flexibility index (Phi) is 3.39. The molecule has 0 saturated heterocycles. The molecule has 0 aliphatic carbocycles.